The molecule has 4 rings (SSSR count). The standard InChI is InChI=1S/C34H32O9/c1-39-29-15-5-21(19-31(29)41-3)17-27(23-7-11-25(35)12-8-23)33(37)43-34(38)28(24-9-13-26(36)14-10-24)18-22-6-16-30(40-2)32(20-22)42-4/h5-17,19-20,28,35-36H,18H2,1-4H3. The molecule has 0 saturated carbocycles. The average Bonchev–Trinajstić information content (AvgIpc) is 3.03. The molecule has 0 radical (unpaired) electrons. The number of phenols is 2. The minimum absolute atomic E-state index is 0.0148. The molecule has 0 aliphatic rings. The highest BCUT2D eigenvalue weighted by atomic mass is 16.6. The molecule has 9 nitrogen and oxygen atoms in total. The Morgan fingerprint density at radius 2 is 1.21 bits per heavy atom. The van der Waals surface area contributed by atoms with Crippen molar-refractivity contribution in [2.75, 3.05) is 28.4 Å². The number of benzene rings is 4. The Balaban J connectivity index is 1.70. The summed E-state index contributed by atoms with van der Waals surface area (Å²) in [6, 6.07) is 22.5. The van der Waals surface area contributed by atoms with Crippen molar-refractivity contribution in [2.24, 2.45) is 0 Å². The van der Waals surface area contributed by atoms with E-state index in [4.69, 9.17) is 23.7 Å². The molecule has 1 atom stereocenters. The number of hydrogen-bond donors (Lipinski definition) is 2. The van der Waals surface area contributed by atoms with Crippen molar-refractivity contribution in [1.82, 2.24) is 0 Å². The molecule has 0 bridgehead atoms. The lowest BCUT2D eigenvalue weighted by atomic mass is 9.91. The van der Waals surface area contributed by atoms with Gasteiger partial charge in [-0.15, -0.1) is 0 Å². The fourth-order valence-electron chi connectivity index (χ4n) is 4.52. The molecule has 0 saturated heterocycles. The van der Waals surface area contributed by atoms with Gasteiger partial charge in [-0.2, -0.15) is 0 Å². The van der Waals surface area contributed by atoms with Crippen LogP contribution in [-0.2, 0) is 20.7 Å². The van der Waals surface area contributed by atoms with Gasteiger partial charge < -0.3 is 33.9 Å². The first-order valence-electron chi connectivity index (χ1n) is 13.2. The van der Waals surface area contributed by atoms with Gasteiger partial charge in [0.15, 0.2) is 23.0 Å². The van der Waals surface area contributed by atoms with E-state index in [-0.39, 0.29) is 23.5 Å². The van der Waals surface area contributed by atoms with Gasteiger partial charge in [0.1, 0.15) is 11.5 Å². The summed E-state index contributed by atoms with van der Waals surface area (Å²) in [5.74, 6) is -0.547. The molecular formula is C34H32O9. The number of methoxy groups -OCH3 is 4. The van der Waals surface area contributed by atoms with E-state index in [0.717, 1.165) is 5.56 Å². The number of esters is 2. The molecule has 43 heavy (non-hydrogen) atoms. The van der Waals surface area contributed by atoms with Crippen molar-refractivity contribution in [1.29, 1.82) is 0 Å². The van der Waals surface area contributed by atoms with Gasteiger partial charge in [0.2, 0.25) is 0 Å². The minimum atomic E-state index is -0.898. The summed E-state index contributed by atoms with van der Waals surface area (Å²) in [5, 5.41) is 19.6. The van der Waals surface area contributed by atoms with Gasteiger partial charge in [-0.25, -0.2) is 4.79 Å². The molecular weight excluding hydrogens is 552 g/mol. The van der Waals surface area contributed by atoms with E-state index >= 15 is 0 Å². The predicted molar refractivity (Wildman–Crippen MR) is 161 cm³/mol. The second-order valence-corrected chi connectivity index (χ2v) is 9.47. The van der Waals surface area contributed by atoms with Crippen molar-refractivity contribution in [3.05, 3.63) is 107 Å². The quantitative estimate of drug-likeness (QED) is 0.0980. The Morgan fingerprint density at radius 3 is 1.79 bits per heavy atom. The highest BCUT2D eigenvalue weighted by molar-refractivity contribution is 6.24. The zero-order chi connectivity index (χ0) is 30.9. The SMILES string of the molecule is COc1ccc(C=C(C(=O)OC(=O)C(Cc2ccc(OC)c(OC)c2)c2ccc(O)cc2)c2ccc(O)cc2)cc1OC. The van der Waals surface area contributed by atoms with E-state index < -0.39 is 17.9 Å². The van der Waals surface area contributed by atoms with Gasteiger partial charge in [0.25, 0.3) is 0 Å². The number of carbonyl (C=O) groups is 2. The number of aromatic hydroxyl groups is 2. The minimum Gasteiger partial charge on any atom is -0.508 e. The van der Waals surface area contributed by atoms with Crippen LogP contribution in [-0.4, -0.2) is 50.6 Å². The Bertz CT molecular complexity index is 1610. The van der Waals surface area contributed by atoms with Gasteiger partial charge in [0.05, 0.1) is 39.9 Å². The van der Waals surface area contributed by atoms with Gasteiger partial charge >= 0.3 is 11.9 Å². The topological polar surface area (TPSA) is 121 Å². The first-order valence-corrected chi connectivity index (χ1v) is 13.2. The third kappa shape index (κ3) is 7.45. The first-order chi connectivity index (χ1) is 20.8. The van der Waals surface area contributed by atoms with Crippen LogP contribution in [0.15, 0.2) is 84.9 Å². The van der Waals surface area contributed by atoms with Gasteiger partial charge in [0, 0.05) is 0 Å². The second-order valence-electron chi connectivity index (χ2n) is 9.47. The molecule has 1 unspecified atom stereocenters. The molecule has 0 amide bonds. The summed E-state index contributed by atoms with van der Waals surface area (Å²) in [4.78, 5) is 27.3. The van der Waals surface area contributed by atoms with Crippen LogP contribution in [0.1, 0.15) is 28.2 Å². The molecule has 0 aliphatic carbocycles. The van der Waals surface area contributed by atoms with Gasteiger partial charge in [-0.1, -0.05) is 36.4 Å². The number of phenolic OH excluding ortho intramolecular Hbond substituents is 2. The summed E-state index contributed by atoms with van der Waals surface area (Å²) in [6.45, 7) is 0. The highest BCUT2D eigenvalue weighted by Gasteiger charge is 2.28. The number of ether oxygens (including phenoxy) is 5. The van der Waals surface area contributed by atoms with Crippen LogP contribution in [0.2, 0.25) is 0 Å². The van der Waals surface area contributed by atoms with Crippen molar-refractivity contribution in [3.63, 3.8) is 0 Å². The summed E-state index contributed by atoms with van der Waals surface area (Å²) in [7, 11) is 6.06. The summed E-state index contributed by atoms with van der Waals surface area (Å²) in [6.07, 6.45) is 1.74. The molecule has 0 fully saturated rings. The van der Waals surface area contributed by atoms with Crippen LogP contribution in [0.25, 0.3) is 11.6 Å². The zero-order valence-electron chi connectivity index (χ0n) is 24.2. The normalized spacial score (nSPS) is 11.8. The molecule has 4 aromatic rings. The fourth-order valence-corrected chi connectivity index (χ4v) is 4.52. The van der Waals surface area contributed by atoms with E-state index in [2.05, 4.69) is 0 Å². The predicted octanol–water partition coefficient (Wildman–Crippen LogP) is 5.77. The van der Waals surface area contributed by atoms with E-state index in [9.17, 15) is 19.8 Å². The molecule has 0 spiro atoms. The number of carbonyl (C=O) groups excluding carboxylic acids is 2. The Morgan fingerprint density at radius 1 is 0.674 bits per heavy atom. The molecule has 222 valence electrons. The van der Waals surface area contributed by atoms with E-state index in [1.807, 2.05) is 0 Å². The molecule has 0 heterocycles. The van der Waals surface area contributed by atoms with Crippen LogP contribution in [0, 0.1) is 0 Å². The second kappa shape index (κ2) is 14.0. The monoisotopic (exact) mass is 584 g/mol. The Hall–Kier alpha value is -5.44. The highest BCUT2D eigenvalue weighted by Crippen LogP contribution is 2.33. The average molecular weight is 585 g/mol. The number of hydrogen-bond acceptors (Lipinski definition) is 9. The third-order valence-corrected chi connectivity index (χ3v) is 6.78. The largest absolute Gasteiger partial charge is 0.508 e. The number of rotatable bonds is 11. The summed E-state index contributed by atoms with van der Waals surface area (Å²) < 4.78 is 26.9. The lowest BCUT2D eigenvalue weighted by Gasteiger charge is -2.18. The molecule has 0 aliphatic heterocycles. The van der Waals surface area contributed by atoms with Crippen molar-refractivity contribution < 1.29 is 43.5 Å². The molecule has 0 aromatic heterocycles. The summed E-state index contributed by atoms with van der Waals surface area (Å²) in [5.41, 5.74) is 2.37. The third-order valence-electron chi connectivity index (χ3n) is 6.78. The van der Waals surface area contributed by atoms with E-state index in [0.29, 0.717) is 39.7 Å². The van der Waals surface area contributed by atoms with Crippen LogP contribution in [0.4, 0.5) is 0 Å². The Labute approximate surface area is 249 Å². The van der Waals surface area contributed by atoms with E-state index in [1.54, 1.807) is 66.7 Å². The maximum Gasteiger partial charge on any atom is 0.346 e. The maximum atomic E-state index is 13.7. The van der Waals surface area contributed by atoms with Crippen LogP contribution >= 0.6 is 0 Å². The molecule has 2 N–H and O–H groups in total. The lowest BCUT2D eigenvalue weighted by Crippen LogP contribution is -2.22. The smallest absolute Gasteiger partial charge is 0.346 e. The van der Waals surface area contributed by atoms with E-state index in [1.165, 1.54) is 52.7 Å². The van der Waals surface area contributed by atoms with Crippen molar-refractivity contribution in [2.45, 2.75) is 12.3 Å². The van der Waals surface area contributed by atoms with Crippen LogP contribution in [0.5, 0.6) is 34.5 Å². The molecule has 4 aromatic carbocycles. The summed E-state index contributed by atoms with van der Waals surface area (Å²) >= 11 is 0. The first kappa shape index (κ1) is 30.5. The van der Waals surface area contributed by atoms with Crippen LogP contribution < -0.4 is 18.9 Å². The molecule has 9 heteroatoms. The van der Waals surface area contributed by atoms with Gasteiger partial charge in [-0.05, 0) is 83.3 Å². The maximum absolute atomic E-state index is 13.7. The fraction of sp³-hybridized carbons (Fsp3) is 0.176. The van der Waals surface area contributed by atoms with Crippen molar-refractivity contribution >= 4 is 23.6 Å². The van der Waals surface area contributed by atoms with Crippen LogP contribution in [0.3, 0.4) is 0 Å². The zero-order valence-corrected chi connectivity index (χ0v) is 24.2. The van der Waals surface area contributed by atoms with Crippen molar-refractivity contribution in [3.8, 4) is 34.5 Å². The van der Waals surface area contributed by atoms with Gasteiger partial charge in [-0.3, -0.25) is 4.79 Å². The Kier molecular flexibility index (Phi) is 9.90. The lowest BCUT2D eigenvalue weighted by molar-refractivity contribution is -0.156.